The molecule has 0 radical (unpaired) electrons. The summed E-state index contributed by atoms with van der Waals surface area (Å²) in [6, 6.07) is 58.2. The van der Waals surface area contributed by atoms with E-state index in [2.05, 4.69) is 137 Å². The van der Waals surface area contributed by atoms with Crippen molar-refractivity contribution in [3.63, 3.8) is 0 Å². The molecule has 242 valence electrons. The molecule has 0 atom stereocenters. The maximum Gasteiger partial charge on any atom is 0.0915 e. The molecule has 0 aliphatic rings. The first-order valence-corrected chi connectivity index (χ1v) is 17.5. The van der Waals surface area contributed by atoms with Crippen molar-refractivity contribution >= 4 is 65.2 Å². The summed E-state index contributed by atoms with van der Waals surface area (Å²) >= 11 is 0. The zero-order valence-electron chi connectivity index (χ0n) is 28.0. The van der Waals surface area contributed by atoms with Crippen LogP contribution in [0.25, 0.3) is 99.3 Å². The van der Waals surface area contributed by atoms with Crippen LogP contribution in [0.2, 0.25) is 0 Å². The van der Waals surface area contributed by atoms with Crippen molar-refractivity contribution in [3.8, 4) is 34.2 Å². The summed E-state index contributed by atoms with van der Waals surface area (Å²) in [6.07, 6.45) is 3.63. The first kappa shape index (κ1) is 28.7. The molecule has 52 heavy (non-hydrogen) atoms. The van der Waals surface area contributed by atoms with Gasteiger partial charge in [-0.1, -0.05) is 97.1 Å². The second kappa shape index (κ2) is 11.2. The summed E-state index contributed by atoms with van der Waals surface area (Å²) in [7, 11) is 0. The maximum absolute atomic E-state index is 5.09. The van der Waals surface area contributed by atoms with E-state index in [1.807, 2.05) is 48.8 Å². The Labute approximate surface area is 298 Å². The lowest BCUT2D eigenvalue weighted by Gasteiger charge is -2.13. The summed E-state index contributed by atoms with van der Waals surface area (Å²) in [5.74, 6) is 0. The average Bonchev–Trinajstić information content (AvgIpc) is 3.73. The lowest BCUT2D eigenvalue weighted by molar-refractivity contribution is 1.14. The van der Waals surface area contributed by atoms with Gasteiger partial charge in [0, 0.05) is 45.0 Å². The van der Waals surface area contributed by atoms with Gasteiger partial charge in [0.15, 0.2) is 0 Å². The summed E-state index contributed by atoms with van der Waals surface area (Å²) < 4.78 is 4.85. The van der Waals surface area contributed by atoms with Gasteiger partial charge in [0.25, 0.3) is 0 Å². The molecule has 0 N–H and O–H groups in total. The molecule has 6 aromatic carbocycles. The lowest BCUT2D eigenvalue weighted by Crippen LogP contribution is -2.00. The van der Waals surface area contributed by atoms with Gasteiger partial charge in [0.1, 0.15) is 0 Å². The normalized spacial score (nSPS) is 11.8. The number of hydrogen-bond acceptors (Lipinski definition) is 3. The molecule has 0 aliphatic carbocycles. The number of aromatic nitrogens is 5. The Morgan fingerprint density at radius 3 is 1.56 bits per heavy atom. The molecule has 0 spiro atoms. The van der Waals surface area contributed by atoms with Crippen LogP contribution in [-0.4, -0.2) is 24.1 Å². The number of fused-ring (bicyclic) bond motifs is 11. The molecule has 0 unspecified atom stereocenters. The number of pyridine rings is 3. The van der Waals surface area contributed by atoms with Crippen molar-refractivity contribution in [2.45, 2.75) is 0 Å². The summed E-state index contributed by atoms with van der Waals surface area (Å²) in [4.78, 5) is 14.5. The minimum absolute atomic E-state index is 0.794. The smallest absolute Gasteiger partial charge is 0.0915 e. The number of hydrogen-bond donors (Lipinski definition) is 0. The van der Waals surface area contributed by atoms with E-state index in [1.165, 1.54) is 48.6 Å². The number of benzene rings is 6. The Hall–Kier alpha value is -7.11. The number of nitrogens with zero attached hydrogens (tertiary/aromatic N) is 5. The highest BCUT2D eigenvalue weighted by Crippen LogP contribution is 2.45. The standard InChI is InChI=1S/C47H29N5/c1-2-14-30(15-3-1)52-45-29-44-37(28-38(45)46-35-19-6-4-16-32(35)33-17-5-7-20-36(33)47(46)52)34-18-8-9-23-43(34)51(44)31-26-41(39-21-10-12-24-48-39)50-42(27-31)40-22-11-13-25-49-40/h1-29H. The van der Waals surface area contributed by atoms with Gasteiger partial charge >= 0.3 is 0 Å². The topological polar surface area (TPSA) is 48.5 Å². The van der Waals surface area contributed by atoms with E-state index < -0.39 is 0 Å². The van der Waals surface area contributed by atoms with E-state index >= 15 is 0 Å². The summed E-state index contributed by atoms with van der Waals surface area (Å²) in [6.45, 7) is 0. The van der Waals surface area contributed by atoms with Gasteiger partial charge in [-0.05, 0) is 82.9 Å². The quantitative estimate of drug-likeness (QED) is 0.176. The van der Waals surface area contributed by atoms with Gasteiger partial charge in [-0.3, -0.25) is 9.97 Å². The SMILES string of the molecule is c1ccc(-n2c3cc4c(cc3c3c5ccccc5c5ccccc5c32)c2ccccc2n4-c2cc(-c3ccccn3)nc(-c3ccccn3)c2)cc1. The molecule has 0 saturated heterocycles. The third-order valence-electron chi connectivity index (χ3n) is 10.4. The van der Waals surface area contributed by atoms with Crippen LogP contribution in [-0.2, 0) is 0 Å². The fourth-order valence-corrected chi connectivity index (χ4v) is 8.20. The van der Waals surface area contributed by atoms with Gasteiger partial charge in [-0.2, -0.15) is 0 Å². The lowest BCUT2D eigenvalue weighted by atomic mass is 9.96. The molecule has 0 bridgehead atoms. The molecule has 5 nitrogen and oxygen atoms in total. The van der Waals surface area contributed by atoms with Crippen LogP contribution in [0.5, 0.6) is 0 Å². The van der Waals surface area contributed by atoms with E-state index in [0.717, 1.165) is 50.7 Å². The molecule has 11 aromatic rings. The molecule has 5 heteroatoms. The Morgan fingerprint density at radius 1 is 0.327 bits per heavy atom. The molecule has 0 amide bonds. The fourth-order valence-electron chi connectivity index (χ4n) is 8.20. The Balaban J connectivity index is 1.32. The van der Waals surface area contributed by atoms with Gasteiger partial charge < -0.3 is 9.13 Å². The highest BCUT2D eigenvalue weighted by atomic mass is 15.0. The van der Waals surface area contributed by atoms with Crippen molar-refractivity contribution in [3.05, 3.63) is 176 Å². The Morgan fingerprint density at radius 2 is 0.885 bits per heavy atom. The van der Waals surface area contributed by atoms with Crippen molar-refractivity contribution in [1.29, 1.82) is 0 Å². The Kier molecular flexibility index (Phi) is 6.18. The second-order valence-corrected chi connectivity index (χ2v) is 13.3. The van der Waals surface area contributed by atoms with Gasteiger partial charge in [-0.25, -0.2) is 4.98 Å². The first-order chi connectivity index (χ1) is 25.8. The Bertz CT molecular complexity index is 3100. The third kappa shape index (κ3) is 4.20. The highest BCUT2D eigenvalue weighted by molar-refractivity contribution is 6.33. The molecule has 0 fully saturated rings. The van der Waals surface area contributed by atoms with Crippen LogP contribution in [0.3, 0.4) is 0 Å². The molecule has 0 aliphatic heterocycles. The summed E-state index contributed by atoms with van der Waals surface area (Å²) in [5, 5.41) is 9.91. The highest BCUT2D eigenvalue weighted by Gasteiger charge is 2.22. The van der Waals surface area contributed by atoms with Crippen LogP contribution < -0.4 is 0 Å². The van der Waals surface area contributed by atoms with Gasteiger partial charge in [0.05, 0.1) is 50.5 Å². The van der Waals surface area contributed by atoms with Crippen LogP contribution in [0.4, 0.5) is 0 Å². The zero-order valence-corrected chi connectivity index (χ0v) is 28.0. The third-order valence-corrected chi connectivity index (χ3v) is 10.4. The molecular formula is C47H29N5. The van der Waals surface area contributed by atoms with E-state index in [-0.39, 0.29) is 0 Å². The van der Waals surface area contributed by atoms with E-state index in [4.69, 9.17) is 15.0 Å². The van der Waals surface area contributed by atoms with Crippen molar-refractivity contribution in [2.75, 3.05) is 0 Å². The van der Waals surface area contributed by atoms with Crippen molar-refractivity contribution < 1.29 is 0 Å². The number of rotatable bonds is 4. The van der Waals surface area contributed by atoms with Crippen LogP contribution in [0.15, 0.2) is 176 Å². The molecule has 5 heterocycles. The first-order valence-electron chi connectivity index (χ1n) is 17.5. The van der Waals surface area contributed by atoms with Crippen molar-refractivity contribution in [1.82, 2.24) is 24.1 Å². The molecule has 5 aromatic heterocycles. The minimum Gasteiger partial charge on any atom is -0.309 e. The summed E-state index contributed by atoms with van der Waals surface area (Å²) in [5.41, 5.74) is 9.96. The molecule has 0 saturated carbocycles. The predicted molar refractivity (Wildman–Crippen MR) is 214 cm³/mol. The van der Waals surface area contributed by atoms with Crippen LogP contribution in [0, 0.1) is 0 Å². The zero-order chi connectivity index (χ0) is 34.2. The average molecular weight is 664 g/mol. The van der Waals surface area contributed by atoms with Crippen LogP contribution in [0.1, 0.15) is 0 Å². The fraction of sp³-hybridized carbons (Fsp3) is 0. The van der Waals surface area contributed by atoms with Crippen molar-refractivity contribution in [2.24, 2.45) is 0 Å². The van der Waals surface area contributed by atoms with E-state index in [0.29, 0.717) is 0 Å². The molecular weight excluding hydrogens is 635 g/mol. The van der Waals surface area contributed by atoms with E-state index in [9.17, 15) is 0 Å². The van der Waals surface area contributed by atoms with Crippen LogP contribution >= 0.6 is 0 Å². The predicted octanol–water partition coefficient (Wildman–Crippen LogP) is 11.7. The second-order valence-electron chi connectivity index (χ2n) is 13.3. The van der Waals surface area contributed by atoms with Gasteiger partial charge in [-0.15, -0.1) is 0 Å². The number of para-hydroxylation sites is 2. The monoisotopic (exact) mass is 663 g/mol. The maximum atomic E-state index is 5.09. The largest absolute Gasteiger partial charge is 0.309 e. The molecule has 11 rings (SSSR count). The minimum atomic E-state index is 0.794. The van der Waals surface area contributed by atoms with Gasteiger partial charge in [0.2, 0.25) is 0 Å². The van der Waals surface area contributed by atoms with E-state index in [1.54, 1.807) is 0 Å².